The summed E-state index contributed by atoms with van der Waals surface area (Å²) in [6.07, 6.45) is 1.60. The van der Waals surface area contributed by atoms with Gasteiger partial charge in [0.2, 0.25) is 0 Å². The molecule has 0 atom stereocenters. The van der Waals surface area contributed by atoms with Gasteiger partial charge in [-0.25, -0.2) is 0 Å². The van der Waals surface area contributed by atoms with Gasteiger partial charge in [0.15, 0.2) is 0 Å². The van der Waals surface area contributed by atoms with E-state index >= 15 is 0 Å². The zero-order valence-corrected chi connectivity index (χ0v) is 10.6. The Bertz CT molecular complexity index is 428. The van der Waals surface area contributed by atoms with Gasteiger partial charge in [-0.2, -0.15) is 0 Å². The molecule has 72 valence electrons. The van der Waals surface area contributed by atoms with E-state index < -0.39 is 0 Å². The molecule has 0 aliphatic rings. The van der Waals surface area contributed by atoms with Crippen LogP contribution in [-0.4, -0.2) is 0 Å². The average molecular weight is 339 g/mol. The summed E-state index contributed by atoms with van der Waals surface area (Å²) in [6.45, 7) is 0. The van der Waals surface area contributed by atoms with Gasteiger partial charge in [0.05, 0.1) is 21.9 Å². The van der Waals surface area contributed by atoms with Crippen LogP contribution in [0.2, 0.25) is 10.0 Å². The maximum Gasteiger partial charge on any atom is 0.136 e. The highest BCUT2D eigenvalue weighted by Gasteiger charge is 2.11. The van der Waals surface area contributed by atoms with Crippen LogP contribution in [-0.2, 0) is 0 Å². The van der Waals surface area contributed by atoms with E-state index in [1.807, 2.05) is 18.2 Å². The molecule has 1 nitrogen and oxygen atoms in total. The summed E-state index contributed by atoms with van der Waals surface area (Å²) in [4.78, 5) is 0. The Balaban J connectivity index is 2.64. The van der Waals surface area contributed by atoms with Crippen molar-refractivity contribution in [2.75, 3.05) is 0 Å². The van der Waals surface area contributed by atoms with E-state index in [1.54, 1.807) is 12.3 Å². The van der Waals surface area contributed by atoms with Crippen LogP contribution in [0.1, 0.15) is 0 Å². The molecule has 0 spiro atoms. The Hall–Kier alpha value is -0.190. The van der Waals surface area contributed by atoms with Crippen molar-refractivity contribution in [1.29, 1.82) is 0 Å². The largest absolute Gasteiger partial charge is 0.464 e. The number of hydrogen-bond donors (Lipinski definition) is 0. The summed E-state index contributed by atoms with van der Waals surface area (Å²) in [6, 6.07) is 7.34. The molecule has 0 saturated heterocycles. The first kappa shape index (κ1) is 10.3. The Labute approximate surface area is 105 Å². The number of hydrogen-bond acceptors (Lipinski definition) is 1. The number of halogens is 3. The molecule has 2 rings (SSSR count). The van der Waals surface area contributed by atoms with Crippen molar-refractivity contribution >= 4 is 45.8 Å². The second-order valence-electron chi connectivity index (χ2n) is 2.72. The standard InChI is InChI=1S/C10H5Cl2IO/c11-7-4-6(13)5-8(12)10(7)9-2-1-3-14-9/h1-5H. The molecule has 0 aliphatic heterocycles. The van der Waals surface area contributed by atoms with Crippen LogP contribution in [0.15, 0.2) is 34.9 Å². The minimum absolute atomic E-state index is 0.608. The Morgan fingerprint density at radius 2 is 1.79 bits per heavy atom. The highest BCUT2D eigenvalue weighted by Crippen LogP contribution is 2.36. The molecule has 0 fully saturated rings. The molecule has 0 bridgehead atoms. The molecule has 14 heavy (non-hydrogen) atoms. The van der Waals surface area contributed by atoms with E-state index in [9.17, 15) is 0 Å². The van der Waals surface area contributed by atoms with Crippen LogP contribution in [0.3, 0.4) is 0 Å². The summed E-state index contributed by atoms with van der Waals surface area (Å²) in [7, 11) is 0. The monoisotopic (exact) mass is 338 g/mol. The van der Waals surface area contributed by atoms with Gasteiger partial charge >= 0.3 is 0 Å². The number of benzene rings is 1. The molecular formula is C10H5Cl2IO. The van der Waals surface area contributed by atoms with Gasteiger partial charge in [0.25, 0.3) is 0 Å². The third kappa shape index (κ3) is 1.92. The highest BCUT2D eigenvalue weighted by atomic mass is 127. The zero-order valence-electron chi connectivity index (χ0n) is 6.93. The molecule has 1 aromatic carbocycles. The normalized spacial score (nSPS) is 10.5. The number of furan rings is 1. The van der Waals surface area contributed by atoms with Crippen LogP contribution in [0, 0.1) is 3.57 Å². The van der Waals surface area contributed by atoms with Crippen molar-refractivity contribution in [3.05, 3.63) is 44.1 Å². The van der Waals surface area contributed by atoms with Gasteiger partial charge in [0.1, 0.15) is 5.76 Å². The maximum absolute atomic E-state index is 6.08. The van der Waals surface area contributed by atoms with Crippen molar-refractivity contribution in [3.8, 4) is 11.3 Å². The average Bonchev–Trinajstić information content (AvgIpc) is 2.54. The van der Waals surface area contributed by atoms with Crippen molar-refractivity contribution < 1.29 is 4.42 Å². The SMILES string of the molecule is Clc1cc(I)cc(Cl)c1-c1ccco1. The van der Waals surface area contributed by atoms with Gasteiger partial charge < -0.3 is 4.42 Å². The Morgan fingerprint density at radius 1 is 1.14 bits per heavy atom. The van der Waals surface area contributed by atoms with E-state index in [0.717, 1.165) is 9.13 Å². The predicted molar refractivity (Wildman–Crippen MR) is 66.9 cm³/mol. The van der Waals surface area contributed by atoms with Gasteiger partial charge in [-0.05, 0) is 46.9 Å². The van der Waals surface area contributed by atoms with Gasteiger partial charge in [-0.15, -0.1) is 0 Å². The predicted octanol–water partition coefficient (Wildman–Crippen LogP) is 4.86. The lowest BCUT2D eigenvalue weighted by atomic mass is 10.2. The third-order valence-corrected chi connectivity index (χ3v) is 2.99. The van der Waals surface area contributed by atoms with Gasteiger partial charge in [-0.3, -0.25) is 0 Å². The molecule has 2 aromatic rings. The van der Waals surface area contributed by atoms with E-state index in [4.69, 9.17) is 27.6 Å². The second-order valence-corrected chi connectivity index (χ2v) is 4.78. The van der Waals surface area contributed by atoms with Crippen LogP contribution in [0.25, 0.3) is 11.3 Å². The molecule has 1 heterocycles. The Kier molecular flexibility index (Phi) is 3.04. The minimum Gasteiger partial charge on any atom is -0.464 e. The molecule has 0 amide bonds. The molecule has 0 N–H and O–H groups in total. The van der Waals surface area contributed by atoms with Crippen molar-refractivity contribution in [3.63, 3.8) is 0 Å². The van der Waals surface area contributed by atoms with Gasteiger partial charge in [0, 0.05) is 3.57 Å². The fourth-order valence-electron chi connectivity index (χ4n) is 1.20. The van der Waals surface area contributed by atoms with Crippen molar-refractivity contribution in [1.82, 2.24) is 0 Å². The first-order chi connectivity index (χ1) is 6.68. The minimum atomic E-state index is 0.608. The van der Waals surface area contributed by atoms with Gasteiger partial charge in [-0.1, -0.05) is 23.2 Å². The summed E-state index contributed by atoms with van der Waals surface area (Å²) >= 11 is 14.3. The maximum atomic E-state index is 6.08. The first-order valence-corrected chi connectivity index (χ1v) is 5.70. The molecule has 0 unspecified atom stereocenters. The lowest BCUT2D eigenvalue weighted by molar-refractivity contribution is 0.582. The number of rotatable bonds is 1. The topological polar surface area (TPSA) is 13.1 Å². The molecule has 4 heteroatoms. The summed E-state index contributed by atoms with van der Waals surface area (Å²) in [5.41, 5.74) is 0.749. The molecule has 0 radical (unpaired) electrons. The smallest absolute Gasteiger partial charge is 0.136 e. The molecule has 1 aromatic heterocycles. The molecule has 0 aliphatic carbocycles. The van der Waals surface area contributed by atoms with Crippen LogP contribution < -0.4 is 0 Å². The van der Waals surface area contributed by atoms with E-state index in [-0.39, 0.29) is 0 Å². The van der Waals surface area contributed by atoms with Crippen LogP contribution in [0.5, 0.6) is 0 Å². The van der Waals surface area contributed by atoms with Crippen molar-refractivity contribution in [2.45, 2.75) is 0 Å². The lowest BCUT2D eigenvalue weighted by Gasteiger charge is -2.04. The lowest BCUT2D eigenvalue weighted by Crippen LogP contribution is -1.81. The first-order valence-electron chi connectivity index (χ1n) is 3.87. The second kappa shape index (κ2) is 4.13. The highest BCUT2D eigenvalue weighted by molar-refractivity contribution is 14.1. The van der Waals surface area contributed by atoms with Crippen LogP contribution >= 0.6 is 45.8 Å². The fraction of sp³-hybridized carbons (Fsp3) is 0. The quantitative estimate of drug-likeness (QED) is 0.677. The van der Waals surface area contributed by atoms with Crippen molar-refractivity contribution in [2.24, 2.45) is 0 Å². The van der Waals surface area contributed by atoms with E-state index in [2.05, 4.69) is 22.6 Å². The summed E-state index contributed by atoms with van der Waals surface area (Å²) < 4.78 is 6.26. The van der Waals surface area contributed by atoms with E-state index in [0.29, 0.717) is 15.8 Å². The summed E-state index contributed by atoms with van der Waals surface area (Å²) in [5, 5.41) is 1.22. The molecular weight excluding hydrogens is 334 g/mol. The van der Waals surface area contributed by atoms with Crippen LogP contribution in [0.4, 0.5) is 0 Å². The summed E-state index contributed by atoms with van der Waals surface area (Å²) in [5.74, 6) is 0.691. The van der Waals surface area contributed by atoms with E-state index in [1.165, 1.54) is 0 Å². The fourth-order valence-corrected chi connectivity index (χ4v) is 2.86. The zero-order chi connectivity index (χ0) is 10.1. The molecule has 0 saturated carbocycles. The Morgan fingerprint density at radius 3 is 2.29 bits per heavy atom. The third-order valence-electron chi connectivity index (χ3n) is 1.77.